The molecule has 0 radical (unpaired) electrons. The van der Waals surface area contributed by atoms with Gasteiger partial charge in [0.05, 0.1) is 34.8 Å². The number of benzene rings is 4. The quantitative estimate of drug-likeness (QED) is 0.159. The van der Waals surface area contributed by atoms with Crippen LogP contribution in [-0.2, 0) is 0 Å². The van der Waals surface area contributed by atoms with Crippen molar-refractivity contribution in [3.8, 4) is 22.4 Å². The maximum absolute atomic E-state index is 7.70. The summed E-state index contributed by atoms with van der Waals surface area (Å²) in [5, 5.41) is 20.0. The first-order valence-corrected chi connectivity index (χ1v) is 13.1. The Morgan fingerprint density at radius 2 is 1.32 bits per heavy atom. The van der Waals surface area contributed by atoms with Crippen LogP contribution < -0.4 is 0 Å². The summed E-state index contributed by atoms with van der Waals surface area (Å²) in [7, 11) is 0. The second-order valence-electron chi connectivity index (χ2n) is 9.84. The van der Waals surface area contributed by atoms with Crippen LogP contribution in [-0.4, -0.2) is 32.4 Å². The Bertz CT molecular complexity index is 1810. The van der Waals surface area contributed by atoms with Crippen LogP contribution in [0.3, 0.4) is 0 Å². The van der Waals surface area contributed by atoms with Crippen molar-refractivity contribution in [3.63, 3.8) is 0 Å². The molecule has 38 heavy (non-hydrogen) atoms. The molecule has 0 saturated carbocycles. The standard InChI is InChI=1S/C32H30N6/c1-3-19(16-33)31-35-18-29(37-31)26-8-7-22-13-21(5-6-23(22)15-26)24-9-11-27-25(14-24)10-12-28-30(27)38-32(36-28)20(4-2)17-34/h5-20,33-34H,3-4H2,1-2H3,(H,35,37)(H,36,38)/t19-,20-/m0/s1. The fourth-order valence-corrected chi connectivity index (χ4v) is 5.23. The van der Waals surface area contributed by atoms with Gasteiger partial charge in [0.1, 0.15) is 11.6 Å². The summed E-state index contributed by atoms with van der Waals surface area (Å²) < 4.78 is 0. The van der Waals surface area contributed by atoms with Gasteiger partial charge in [-0.1, -0.05) is 56.3 Å². The molecule has 0 fully saturated rings. The number of nitrogens with one attached hydrogen (secondary N) is 4. The van der Waals surface area contributed by atoms with Crippen LogP contribution in [0, 0.1) is 10.8 Å². The highest BCUT2D eigenvalue weighted by molar-refractivity contribution is 6.05. The molecule has 6 heteroatoms. The molecule has 0 bridgehead atoms. The van der Waals surface area contributed by atoms with Crippen LogP contribution in [0.25, 0.3) is 55.0 Å². The first-order chi connectivity index (χ1) is 18.6. The molecule has 0 aliphatic rings. The number of aromatic nitrogens is 4. The SMILES string of the molecule is CC[C@@H](C=N)c1ncc(-c2ccc3cc(-c4ccc5c(ccc6nc([C@H](C=N)CC)[nH]c65)c4)ccc3c2)[nH]1. The fourth-order valence-electron chi connectivity index (χ4n) is 5.23. The molecular weight excluding hydrogens is 468 g/mol. The van der Waals surface area contributed by atoms with Gasteiger partial charge in [-0.15, -0.1) is 0 Å². The van der Waals surface area contributed by atoms with Crippen molar-refractivity contribution in [2.75, 3.05) is 0 Å². The van der Waals surface area contributed by atoms with E-state index in [9.17, 15) is 0 Å². The van der Waals surface area contributed by atoms with E-state index in [2.05, 4.69) is 95.5 Å². The second kappa shape index (κ2) is 9.71. The smallest absolute Gasteiger partial charge is 0.115 e. The van der Waals surface area contributed by atoms with Crippen molar-refractivity contribution in [1.29, 1.82) is 10.8 Å². The predicted octanol–water partition coefficient (Wildman–Crippen LogP) is 8.21. The number of H-pyrrole nitrogens is 2. The molecule has 2 aromatic heterocycles. The van der Waals surface area contributed by atoms with Gasteiger partial charge < -0.3 is 20.8 Å². The predicted molar refractivity (Wildman–Crippen MR) is 158 cm³/mol. The van der Waals surface area contributed by atoms with Crippen molar-refractivity contribution in [1.82, 2.24) is 19.9 Å². The third-order valence-electron chi connectivity index (χ3n) is 7.56. The van der Waals surface area contributed by atoms with Crippen LogP contribution in [0.15, 0.2) is 72.9 Å². The van der Waals surface area contributed by atoms with Crippen LogP contribution in [0.2, 0.25) is 0 Å². The molecule has 6 rings (SSSR count). The van der Waals surface area contributed by atoms with Crippen molar-refractivity contribution < 1.29 is 0 Å². The van der Waals surface area contributed by atoms with Gasteiger partial charge in [-0.25, -0.2) is 9.97 Å². The summed E-state index contributed by atoms with van der Waals surface area (Å²) in [5.41, 5.74) is 6.38. The van der Waals surface area contributed by atoms with Gasteiger partial charge in [-0.3, -0.25) is 0 Å². The van der Waals surface area contributed by atoms with Crippen LogP contribution in [0.5, 0.6) is 0 Å². The number of nitrogens with zero attached hydrogens (tertiary/aromatic N) is 2. The third-order valence-corrected chi connectivity index (χ3v) is 7.56. The van der Waals surface area contributed by atoms with E-state index in [0.29, 0.717) is 0 Å². The molecule has 2 atom stereocenters. The van der Waals surface area contributed by atoms with E-state index in [0.717, 1.165) is 57.6 Å². The van der Waals surface area contributed by atoms with Gasteiger partial charge in [0, 0.05) is 23.4 Å². The van der Waals surface area contributed by atoms with Crippen molar-refractivity contribution in [2.24, 2.45) is 0 Å². The number of aromatic amines is 2. The van der Waals surface area contributed by atoms with E-state index in [-0.39, 0.29) is 11.8 Å². The lowest BCUT2D eigenvalue weighted by atomic mass is 9.97. The van der Waals surface area contributed by atoms with Crippen molar-refractivity contribution in [2.45, 2.75) is 38.5 Å². The summed E-state index contributed by atoms with van der Waals surface area (Å²) in [6.07, 6.45) is 6.48. The molecule has 6 aromatic rings. The lowest BCUT2D eigenvalue weighted by Crippen LogP contribution is -2.00. The van der Waals surface area contributed by atoms with Gasteiger partial charge in [-0.2, -0.15) is 0 Å². The summed E-state index contributed by atoms with van der Waals surface area (Å²) >= 11 is 0. The minimum Gasteiger partial charge on any atom is -0.341 e. The number of fused-ring (bicyclic) bond motifs is 4. The molecule has 0 aliphatic heterocycles. The number of rotatable bonds is 8. The molecule has 0 spiro atoms. The summed E-state index contributed by atoms with van der Waals surface area (Å²) in [6.45, 7) is 4.14. The molecular formula is C32H30N6. The zero-order valence-electron chi connectivity index (χ0n) is 21.5. The zero-order valence-corrected chi connectivity index (χ0v) is 21.5. The fraction of sp³-hybridized carbons (Fsp3) is 0.188. The molecule has 4 aromatic carbocycles. The van der Waals surface area contributed by atoms with E-state index in [1.165, 1.54) is 34.3 Å². The highest BCUT2D eigenvalue weighted by Crippen LogP contribution is 2.32. The van der Waals surface area contributed by atoms with Crippen LogP contribution in [0.4, 0.5) is 0 Å². The Hall–Kier alpha value is -4.58. The highest BCUT2D eigenvalue weighted by atomic mass is 14.9. The van der Waals surface area contributed by atoms with Crippen LogP contribution in [0.1, 0.15) is 50.2 Å². The first kappa shape index (κ1) is 23.8. The maximum atomic E-state index is 7.70. The Balaban J connectivity index is 1.33. The Morgan fingerprint density at radius 1 is 0.711 bits per heavy atom. The molecule has 4 N–H and O–H groups in total. The molecule has 0 aliphatic carbocycles. The summed E-state index contributed by atoms with van der Waals surface area (Å²) in [4.78, 5) is 16.1. The van der Waals surface area contributed by atoms with E-state index in [1.807, 2.05) is 6.20 Å². The maximum Gasteiger partial charge on any atom is 0.115 e. The highest BCUT2D eigenvalue weighted by Gasteiger charge is 2.14. The average molecular weight is 499 g/mol. The van der Waals surface area contributed by atoms with Crippen molar-refractivity contribution in [3.05, 3.63) is 84.6 Å². The summed E-state index contributed by atoms with van der Waals surface area (Å²) in [5.74, 6) is 1.73. The molecule has 0 amide bonds. The van der Waals surface area contributed by atoms with Gasteiger partial charge in [0.2, 0.25) is 0 Å². The molecule has 0 unspecified atom stereocenters. The van der Waals surface area contributed by atoms with Crippen LogP contribution >= 0.6 is 0 Å². The first-order valence-electron chi connectivity index (χ1n) is 13.1. The molecule has 188 valence electrons. The topological polar surface area (TPSA) is 105 Å². The Labute approximate surface area is 221 Å². The van der Waals surface area contributed by atoms with Gasteiger partial charge in [-0.05, 0) is 64.4 Å². The van der Waals surface area contributed by atoms with E-state index in [1.54, 1.807) is 0 Å². The number of hydrogen-bond acceptors (Lipinski definition) is 4. The second-order valence-corrected chi connectivity index (χ2v) is 9.84. The molecule has 0 saturated heterocycles. The minimum absolute atomic E-state index is 0.0140. The lowest BCUT2D eigenvalue weighted by Gasteiger charge is -2.08. The van der Waals surface area contributed by atoms with Gasteiger partial charge in [0.25, 0.3) is 0 Å². The Kier molecular flexibility index (Phi) is 6.08. The molecule has 2 heterocycles. The number of hydrogen-bond donors (Lipinski definition) is 4. The largest absolute Gasteiger partial charge is 0.341 e. The zero-order chi connectivity index (χ0) is 26.2. The summed E-state index contributed by atoms with van der Waals surface area (Å²) in [6, 6.07) is 23.8. The van der Waals surface area contributed by atoms with E-state index in [4.69, 9.17) is 15.8 Å². The van der Waals surface area contributed by atoms with Crippen molar-refractivity contribution >= 4 is 45.0 Å². The van der Waals surface area contributed by atoms with E-state index < -0.39 is 0 Å². The van der Waals surface area contributed by atoms with E-state index >= 15 is 0 Å². The lowest BCUT2D eigenvalue weighted by molar-refractivity contribution is 0.798. The monoisotopic (exact) mass is 498 g/mol. The minimum atomic E-state index is 0.0140. The Morgan fingerprint density at radius 3 is 2.03 bits per heavy atom. The van der Waals surface area contributed by atoms with Gasteiger partial charge in [0.15, 0.2) is 0 Å². The van der Waals surface area contributed by atoms with Gasteiger partial charge >= 0.3 is 0 Å². The normalized spacial score (nSPS) is 13.2. The molecule has 6 nitrogen and oxygen atoms in total. The number of imidazole rings is 2. The third kappa shape index (κ3) is 4.08. The average Bonchev–Trinajstić information content (AvgIpc) is 3.62.